The summed E-state index contributed by atoms with van der Waals surface area (Å²) in [5, 5.41) is 8.37. The van der Waals surface area contributed by atoms with Crippen LogP contribution in [-0.4, -0.2) is 63.7 Å². The van der Waals surface area contributed by atoms with Gasteiger partial charge in [0, 0.05) is 42.5 Å². The van der Waals surface area contributed by atoms with Crippen LogP contribution in [-0.2, 0) is 6.54 Å². The van der Waals surface area contributed by atoms with Gasteiger partial charge in [0.25, 0.3) is 0 Å². The van der Waals surface area contributed by atoms with Crippen molar-refractivity contribution in [2.45, 2.75) is 13.5 Å². The zero-order valence-corrected chi connectivity index (χ0v) is 19.0. The first-order valence-electron chi connectivity index (χ1n) is 10.8. The van der Waals surface area contributed by atoms with Crippen LogP contribution in [0.5, 0.6) is 0 Å². The van der Waals surface area contributed by atoms with Crippen molar-refractivity contribution in [3.05, 3.63) is 66.9 Å². The normalized spacial score (nSPS) is 11.8. The highest BCUT2D eigenvalue weighted by Gasteiger charge is 2.16. The molecule has 0 aliphatic carbocycles. The van der Waals surface area contributed by atoms with Gasteiger partial charge in [0.2, 0.25) is 0 Å². The van der Waals surface area contributed by atoms with E-state index in [4.69, 9.17) is 4.98 Å². The minimum Gasteiger partial charge on any atom is -0.335 e. The van der Waals surface area contributed by atoms with Gasteiger partial charge >= 0.3 is 0 Å². The lowest BCUT2D eigenvalue weighted by Crippen LogP contribution is -2.10. The van der Waals surface area contributed by atoms with Gasteiger partial charge < -0.3 is 14.5 Å². The maximum absolute atomic E-state index is 4.88. The zero-order chi connectivity index (χ0) is 23.2. The van der Waals surface area contributed by atoms with Crippen molar-refractivity contribution in [3.8, 4) is 28.3 Å². The molecule has 0 unspecified atom stereocenters. The summed E-state index contributed by atoms with van der Waals surface area (Å²) in [4.78, 5) is 28.1. The highest BCUT2D eigenvalue weighted by atomic mass is 15.2. The van der Waals surface area contributed by atoms with E-state index >= 15 is 0 Å². The van der Waals surface area contributed by atoms with E-state index in [1.165, 1.54) is 0 Å². The van der Waals surface area contributed by atoms with Gasteiger partial charge in [-0.2, -0.15) is 5.10 Å². The maximum Gasteiger partial charge on any atom is 0.181 e. The summed E-state index contributed by atoms with van der Waals surface area (Å²) in [7, 11) is 4.08. The Kier molecular flexibility index (Phi) is 4.66. The molecule has 6 aromatic heterocycles. The van der Waals surface area contributed by atoms with E-state index < -0.39 is 0 Å². The number of hydrogen-bond donors (Lipinski definition) is 2. The van der Waals surface area contributed by atoms with Crippen molar-refractivity contribution in [2.75, 3.05) is 14.1 Å². The second-order valence-electron chi connectivity index (χ2n) is 8.58. The second-order valence-corrected chi connectivity index (χ2v) is 8.58. The molecule has 0 aromatic carbocycles. The Morgan fingerprint density at radius 2 is 1.82 bits per heavy atom. The molecule has 34 heavy (non-hydrogen) atoms. The van der Waals surface area contributed by atoms with E-state index in [0.29, 0.717) is 11.5 Å². The average Bonchev–Trinajstić information content (AvgIpc) is 3.55. The summed E-state index contributed by atoms with van der Waals surface area (Å²) in [6.07, 6.45) is 12.8. The third-order valence-corrected chi connectivity index (χ3v) is 5.64. The van der Waals surface area contributed by atoms with Crippen LogP contribution in [0.4, 0.5) is 0 Å². The molecule has 168 valence electrons. The minimum atomic E-state index is 0.625. The van der Waals surface area contributed by atoms with Gasteiger partial charge in [0.1, 0.15) is 11.2 Å². The number of aromatic nitrogens is 9. The monoisotopic (exact) mass is 450 g/mol. The SMILES string of the molecule is Cc1cn(-c2cncc3[nH]c(-c4[nH]nc5ncc(-c6cncc(CN(C)C)c6)cc45)nc23)cn1. The molecule has 10 heteroatoms. The molecule has 0 atom stereocenters. The quantitative estimate of drug-likeness (QED) is 0.413. The Labute approximate surface area is 194 Å². The molecule has 6 heterocycles. The fraction of sp³-hybridized carbons (Fsp3) is 0.167. The Bertz CT molecular complexity index is 1640. The number of imidazole rings is 2. The van der Waals surface area contributed by atoms with Gasteiger partial charge in [-0.15, -0.1) is 0 Å². The van der Waals surface area contributed by atoms with Crippen LogP contribution in [0.3, 0.4) is 0 Å². The molecular formula is C24H22N10. The fourth-order valence-corrected chi connectivity index (χ4v) is 4.11. The summed E-state index contributed by atoms with van der Waals surface area (Å²) in [5.74, 6) is 0.669. The molecule has 0 fully saturated rings. The van der Waals surface area contributed by atoms with Crippen LogP contribution in [0.15, 0.2) is 55.6 Å². The average molecular weight is 451 g/mol. The molecule has 0 aliphatic rings. The van der Waals surface area contributed by atoms with Crippen molar-refractivity contribution in [1.82, 2.24) is 49.6 Å². The predicted molar refractivity (Wildman–Crippen MR) is 129 cm³/mol. The van der Waals surface area contributed by atoms with E-state index in [2.05, 4.69) is 52.1 Å². The summed E-state index contributed by atoms with van der Waals surface area (Å²) in [6, 6.07) is 4.21. The second kappa shape index (κ2) is 7.85. The van der Waals surface area contributed by atoms with Gasteiger partial charge in [0.15, 0.2) is 11.5 Å². The largest absolute Gasteiger partial charge is 0.335 e. The topological polar surface area (TPSA) is 117 Å². The lowest BCUT2D eigenvalue weighted by Gasteiger charge is -2.10. The molecule has 6 rings (SSSR count). The number of pyridine rings is 3. The van der Waals surface area contributed by atoms with Gasteiger partial charge in [0.05, 0.1) is 41.0 Å². The number of hydrogen-bond acceptors (Lipinski definition) is 7. The number of fused-ring (bicyclic) bond motifs is 2. The maximum atomic E-state index is 4.88. The number of aromatic amines is 2. The molecule has 10 nitrogen and oxygen atoms in total. The molecule has 0 radical (unpaired) electrons. The minimum absolute atomic E-state index is 0.625. The Hall–Kier alpha value is -4.44. The number of nitrogens with one attached hydrogen (secondary N) is 2. The Morgan fingerprint density at radius 3 is 2.65 bits per heavy atom. The highest BCUT2D eigenvalue weighted by Crippen LogP contribution is 2.30. The molecule has 0 saturated heterocycles. The third-order valence-electron chi connectivity index (χ3n) is 5.64. The Balaban J connectivity index is 1.45. The van der Waals surface area contributed by atoms with Gasteiger partial charge in [-0.25, -0.2) is 15.0 Å². The molecule has 0 amide bonds. The summed E-state index contributed by atoms with van der Waals surface area (Å²) < 4.78 is 1.92. The zero-order valence-electron chi connectivity index (χ0n) is 19.0. The van der Waals surface area contributed by atoms with Gasteiger partial charge in [-0.1, -0.05) is 0 Å². The predicted octanol–water partition coefficient (Wildman–Crippen LogP) is 3.51. The molecule has 0 spiro atoms. The van der Waals surface area contributed by atoms with Gasteiger partial charge in [-0.3, -0.25) is 15.1 Å². The fourth-order valence-electron chi connectivity index (χ4n) is 4.11. The smallest absolute Gasteiger partial charge is 0.181 e. The van der Waals surface area contributed by atoms with Crippen molar-refractivity contribution in [2.24, 2.45) is 0 Å². The number of rotatable bonds is 5. The van der Waals surface area contributed by atoms with Crippen LogP contribution in [0.25, 0.3) is 50.4 Å². The molecule has 0 saturated carbocycles. The molecule has 0 aliphatic heterocycles. The van der Waals surface area contributed by atoms with Crippen molar-refractivity contribution in [3.63, 3.8) is 0 Å². The first kappa shape index (κ1) is 20.2. The van der Waals surface area contributed by atoms with Crippen LogP contribution in [0, 0.1) is 6.92 Å². The van der Waals surface area contributed by atoms with Crippen LogP contribution < -0.4 is 0 Å². The van der Waals surface area contributed by atoms with Crippen LogP contribution in [0.1, 0.15) is 11.3 Å². The number of nitrogens with zero attached hydrogens (tertiary/aromatic N) is 8. The first-order valence-corrected chi connectivity index (χ1v) is 10.8. The molecule has 6 aromatic rings. The van der Waals surface area contributed by atoms with E-state index in [1.54, 1.807) is 18.7 Å². The lowest BCUT2D eigenvalue weighted by atomic mass is 10.1. The summed E-state index contributed by atoms with van der Waals surface area (Å²) in [6.45, 7) is 2.77. The standard InChI is InChI=1S/C24H22N10/c1-14-11-34(13-28-14)20-10-26-9-19-22(20)30-24(29-19)21-18-5-17(8-27-23(18)32-31-21)16-4-15(6-25-7-16)12-33(2)3/h4-11,13H,12H2,1-3H3,(H,29,30)(H,27,31,32). The third kappa shape index (κ3) is 3.50. The van der Waals surface area contributed by atoms with E-state index in [0.717, 1.165) is 56.7 Å². The van der Waals surface area contributed by atoms with Crippen LogP contribution in [0.2, 0.25) is 0 Å². The Morgan fingerprint density at radius 1 is 0.971 bits per heavy atom. The summed E-state index contributed by atoms with van der Waals surface area (Å²) in [5.41, 5.74) is 7.92. The van der Waals surface area contributed by atoms with E-state index in [-0.39, 0.29) is 0 Å². The molecular weight excluding hydrogens is 428 g/mol. The number of H-pyrrole nitrogens is 2. The van der Waals surface area contributed by atoms with Crippen LogP contribution >= 0.6 is 0 Å². The summed E-state index contributed by atoms with van der Waals surface area (Å²) >= 11 is 0. The van der Waals surface area contributed by atoms with Gasteiger partial charge in [-0.05, 0) is 38.7 Å². The van der Waals surface area contributed by atoms with E-state index in [9.17, 15) is 0 Å². The highest BCUT2D eigenvalue weighted by molar-refractivity contribution is 5.94. The van der Waals surface area contributed by atoms with Crippen molar-refractivity contribution in [1.29, 1.82) is 0 Å². The van der Waals surface area contributed by atoms with Crippen molar-refractivity contribution >= 4 is 22.1 Å². The molecule has 2 N–H and O–H groups in total. The van der Waals surface area contributed by atoms with Crippen molar-refractivity contribution < 1.29 is 0 Å². The first-order chi connectivity index (χ1) is 16.5. The lowest BCUT2D eigenvalue weighted by molar-refractivity contribution is 0.402. The number of aryl methyl sites for hydroxylation is 1. The van der Waals surface area contributed by atoms with E-state index in [1.807, 2.05) is 50.4 Å². The molecule has 0 bridgehead atoms.